The molecule has 0 amide bonds. The van der Waals surface area contributed by atoms with Crippen LogP contribution in [0.25, 0.3) is 0 Å². The van der Waals surface area contributed by atoms with Crippen molar-refractivity contribution < 1.29 is 13.9 Å². The van der Waals surface area contributed by atoms with E-state index in [0.29, 0.717) is 6.10 Å². The minimum atomic E-state index is -1.02. The molecule has 82 valence electrons. The van der Waals surface area contributed by atoms with Gasteiger partial charge in [-0.05, 0) is 25.9 Å². The third-order valence-electron chi connectivity index (χ3n) is 2.01. The second-order valence-electron chi connectivity index (χ2n) is 3.80. The van der Waals surface area contributed by atoms with Crippen molar-refractivity contribution in [1.82, 2.24) is 0 Å². The summed E-state index contributed by atoms with van der Waals surface area (Å²) in [7, 11) is -1.02. The van der Waals surface area contributed by atoms with Crippen LogP contribution >= 0.6 is 0 Å². The summed E-state index contributed by atoms with van der Waals surface area (Å²) in [6, 6.07) is 1.15. The molecular formula is C10H20O3Si. The highest BCUT2D eigenvalue weighted by Gasteiger charge is 2.22. The summed E-state index contributed by atoms with van der Waals surface area (Å²) in [6.07, 6.45) is 1.48. The maximum atomic E-state index is 5.55. The summed E-state index contributed by atoms with van der Waals surface area (Å²) >= 11 is 0. The van der Waals surface area contributed by atoms with E-state index in [9.17, 15) is 0 Å². The lowest BCUT2D eigenvalue weighted by molar-refractivity contribution is 0.116. The fourth-order valence-corrected chi connectivity index (χ4v) is 2.80. The molecule has 2 unspecified atom stereocenters. The smallest absolute Gasteiger partial charge is 0.232 e. The zero-order valence-electron chi connectivity index (χ0n) is 9.12. The van der Waals surface area contributed by atoms with Gasteiger partial charge in [0, 0.05) is 6.61 Å². The normalized spacial score (nSPS) is 21.7. The minimum absolute atomic E-state index is 0.385. The van der Waals surface area contributed by atoms with E-state index < -0.39 is 9.04 Å². The largest absolute Gasteiger partial charge is 0.550 e. The Hall–Kier alpha value is -0.323. The lowest BCUT2D eigenvalue weighted by Crippen LogP contribution is -2.13. The molecule has 1 rings (SSSR count). The van der Waals surface area contributed by atoms with Crippen molar-refractivity contribution in [3.63, 3.8) is 0 Å². The summed E-state index contributed by atoms with van der Waals surface area (Å²) in [5, 5.41) is 0. The van der Waals surface area contributed by atoms with Gasteiger partial charge in [0.1, 0.15) is 6.10 Å². The molecule has 0 radical (unpaired) electrons. The van der Waals surface area contributed by atoms with Gasteiger partial charge in [0.25, 0.3) is 0 Å². The molecule has 0 spiro atoms. The van der Waals surface area contributed by atoms with Crippen molar-refractivity contribution in [2.75, 3.05) is 19.8 Å². The molecular weight excluding hydrogens is 196 g/mol. The van der Waals surface area contributed by atoms with Crippen molar-refractivity contribution in [3.05, 3.63) is 12.3 Å². The van der Waals surface area contributed by atoms with Crippen LogP contribution < -0.4 is 0 Å². The third kappa shape index (κ3) is 6.18. The van der Waals surface area contributed by atoms with Gasteiger partial charge < -0.3 is 13.9 Å². The second kappa shape index (κ2) is 6.21. The predicted octanol–water partition coefficient (Wildman–Crippen LogP) is 1.70. The molecule has 0 N–H and O–H groups in total. The molecule has 4 heteroatoms. The lowest BCUT2D eigenvalue weighted by Gasteiger charge is -2.12. The van der Waals surface area contributed by atoms with E-state index >= 15 is 0 Å². The lowest BCUT2D eigenvalue weighted by atomic mass is 10.5. The highest BCUT2D eigenvalue weighted by Crippen LogP contribution is 2.09. The maximum absolute atomic E-state index is 5.55. The average molecular weight is 216 g/mol. The van der Waals surface area contributed by atoms with Crippen LogP contribution in [-0.4, -0.2) is 35.0 Å². The molecule has 1 saturated heterocycles. The molecule has 2 atom stereocenters. The Labute approximate surface area is 87.8 Å². The highest BCUT2D eigenvalue weighted by molar-refractivity contribution is 6.50. The Morgan fingerprint density at radius 3 is 2.93 bits per heavy atom. The van der Waals surface area contributed by atoms with E-state index in [1.54, 1.807) is 0 Å². The van der Waals surface area contributed by atoms with Gasteiger partial charge in [-0.3, -0.25) is 0 Å². The molecule has 1 heterocycles. The van der Waals surface area contributed by atoms with Gasteiger partial charge in [-0.25, -0.2) is 0 Å². The molecule has 0 aromatic heterocycles. The van der Waals surface area contributed by atoms with Crippen LogP contribution in [0.2, 0.25) is 12.6 Å². The summed E-state index contributed by atoms with van der Waals surface area (Å²) < 4.78 is 16.0. The first kappa shape index (κ1) is 11.7. The van der Waals surface area contributed by atoms with Gasteiger partial charge in [0.2, 0.25) is 9.04 Å². The Morgan fingerprint density at radius 2 is 2.36 bits per heavy atom. The summed E-state index contributed by atoms with van der Waals surface area (Å²) in [4.78, 5) is 0. The number of allylic oxidation sites excluding steroid dienone is 1. The molecule has 1 fully saturated rings. The Kier molecular flexibility index (Phi) is 5.22. The summed E-state index contributed by atoms with van der Waals surface area (Å²) in [5.41, 5.74) is 0. The SMILES string of the molecule is C=C(C)O[SiH](C)CCCOCC1CO1. The third-order valence-corrected chi connectivity index (χ3v) is 4.03. The van der Waals surface area contributed by atoms with Gasteiger partial charge in [-0.2, -0.15) is 0 Å². The molecule has 0 saturated carbocycles. The Bertz CT molecular complexity index is 180. The van der Waals surface area contributed by atoms with Gasteiger partial charge in [-0.1, -0.05) is 6.58 Å². The fraction of sp³-hybridized carbons (Fsp3) is 0.800. The molecule has 0 aromatic rings. The number of hydrogen-bond acceptors (Lipinski definition) is 3. The van der Waals surface area contributed by atoms with Gasteiger partial charge in [0.15, 0.2) is 0 Å². The molecule has 3 nitrogen and oxygen atoms in total. The van der Waals surface area contributed by atoms with Gasteiger partial charge in [-0.15, -0.1) is 0 Å². The van der Waals surface area contributed by atoms with Crippen LogP contribution in [0.1, 0.15) is 13.3 Å². The van der Waals surface area contributed by atoms with E-state index in [0.717, 1.165) is 38.0 Å². The Morgan fingerprint density at radius 1 is 1.64 bits per heavy atom. The topological polar surface area (TPSA) is 31.0 Å². The van der Waals surface area contributed by atoms with Crippen LogP contribution in [-0.2, 0) is 13.9 Å². The quantitative estimate of drug-likeness (QED) is 0.268. The van der Waals surface area contributed by atoms with Crippen molar-refractivity contribution in [3.8, 4) is 0 Å². The molecule has 1 aliphatic heterocycles. The highest BCUT2D eigenvalue weighted by atomic mass is 28.3. The number of rotatable bonds is 8. The fourth-order valence-electron chi connectivity index (χ4n) is 1.25. The molecule has 0 bridgehead atoms. The van der Waals surface area contributed by atoms with E-state index in [-0.39, 0.29) is 0 Å². The van der Waals surface area contributed by atoms with Crippen LogP contribution in [0.5, 0.6) is 0 Å². The van der Waals surface area contributed by atoms with Crippen molar-refractivity contribution in [1.29, 1.82) is 0 Å². The van der Waals surface area contributed by atoms with Gasteiger partial charge in [0.05, 0.1) is 19.0 Å². The molecule has 0 aromatic carbocycles. The van der Waals surface area contributed by atoms with Gasteiger partial charge >= 0.3 is 0 Å². The van der Waals surface area contributed by atoms with Crippen LogP contribution in [0.4, 0.5) is 0 Å². The summed E-state index contributed by atoms with van der Waals surface area (Å²) in [5.74, 6) is 0.844. The van der Waals surface area contributed by atoms with Crippen LogP contribution in [0.3, 0.4) is 0 Å². The first-order chi connectivity index (χ1) is 6.68. The predicted molar refractivity (Wildman–Crippen MR) is 58.9 cm³/mol. The zero-order valence-corrected chi connectivity index (χ0v) is 10.3. The van der Waals surface area contributed by atoms with E-state index in [2.05, 4.69) is 13.1 Å². The second-order valence-corrected chi connectivity index (χ2v) is 6.24. The van der Waals surface area contributed by atoms with E-state index in [1.165, 1.54) is 0 Å². The van der Waals surface area contributed by atoms with Crippen molar-refractivity contribution >= 4 is 9.04 Å². The van der Waals surface area contributed by atoms with E-state index in [1.807, 2.05) is 6.92 Å². The summed E-state index contributed by atoms with van der Waals surface area (Å²) in [6.45, 7) is 10.3. The molecule has 14 heavy (non-hydrogen) atoms. The van der Waals surface area contributed by atoms with Crippen molar-refractivity contribution in [2.45, 2.75) is 32.0 Å². The minimum Gasteiger partial charge on any atom is -0.550 e. The number of hydrogen-bond donors (Lipinski definition) is 0. The number of epoxide rings is 1. The zero-order chi connectivity index (χ0) is 10.4. The van der Waals surface area contributed by atoms with Crippen LogP contribution in [0.15, 0.2) is 12.3 Å². The first-order valence-electron chi connectivity index (χ1n) is 5.20. The van der Waals surface area contributed by atoms with Crippen molar-refractivity contribution in [2.24, 2.45) is 0 Å². The monoisotopic (exact) mass is 216 g/mol. The first-order valence-corrected chi connectivity index (χ1v) is 7.64. The number of ether oxygens (including phenoxy) is 2. The molecule has 1 aliphatic rings. The maximum Gasteiger partial charge on any atom is 0.232 e. The van der Waals surface area contributed by atoms with Crippen LogP contribution in [0, 0.1) is 0 Å². The average Bonchev–Trinajstić information content (AvgIpc) is 2.86. The molecule has 0 aliphatic carbocycles. The van der Waals surface area contributed by atoms with E-state index in [4.69, 9.17) is 13.9 Å². The standard InChI is InChI=1S/C10H20O3Si/c1-9(2)13-14(3)6-4-5-11-7-10-8-12-10/h10,14H,1,4-8H2,2-3H3. The Balaban J connectivity index is 1.83.